The quantitative estimate of drug-likeness (QED) is 0.857. The molecule has 1 aliphatic rings. The predicted molar refractivity (Wildman–Crippen MR) is 101 cm³/mol. The Balaban J connectivity index is 1.47. The molecule has 0 aliphatic carbocycles. The van der Waals surface area contributed by atoms with Crippen molar-refractivity contribution in [3.8, 4) is 0 Å². The fourth-order valence-corrected chi connectivity index (χ4v) is 3.08. The summed E-state index contributed by atoms with van der Waals surface area (Å²) in [6.07, 6.45) is 0. The Kier molecular flexibility index (Phi) is 5.36. The second kappa shape index (κ2) is 7.66. The highest BCUT2D eigenvalue weighted by Crippen LogP contribution is 2.15. The average molecular weight is 346 g/mol. The fourth-order valence-electron chi connectivity index (χ4n) is 2.70. The van der Waals surface area contributed by atoms with Crippen LogP contribution in [-0.2, 0) is 6.54 Å². The van der Waals surface area contributed by atoms with Crippen LogP contribution in [0.15, 0.2) is 54.6 Å². The molecule has 0 radical (unpaired) electrons. The highest BCUT2D eigenvalue weighted by molar-refractivity contribution is 7.80. The summed E-state index contributed by atoms with van der Waals surface area (Å²) in [6, 6.07) is 18.4. The Morgan fingerprint density at radius 2 is 1.61 bits per heavy atom. The molecule has 1 fully saturated rings. The third-order valence-electron chi connectivity index (χ3n) is 4.05. The number of thiocarbonyl (C=S) groups is 1. The Labute approximate surface area is 147 Å². The molecule has 23 heavy (non-hydrogen) atoms. The van der Waals surface area contributed by atoms with Gasteiger partial charge in [-0.05, 0) is 42.0 Å². The molecule has 2 aromatic carbocycles. The van der Waals surface area contributed by atoms with Gasteiger partial charge in [-0.25, -0.2) is 0 Å². The van der Waals surface area contributed by atoms with Crippen molar-refractivity contribution in [2.24, 2.45) is 0 Å². The zero-order chi connectivity index (χ0) is 16.1. The summed E-state index contributed by atoms with van der Waals surface area (Å²) in [6.45, 7) is 4.61. The van der Waals surface area contributed by atoms with Gasteiger partial charge in [0.05, 0.1) is 0 Å². The van der Waals surface area contributed by atoms with Crippen LogP contribution in [0.25, 0.3) is 0 Å². The SMILES string of the molecule is S=C(NCc1ccc(Cl)cc1)N1CCN(c2ccccc2)CC1. The van der Waals surface area contributed by atoms with E-state index in [1.54, 1.807) is 0 Å². The van der Waals surface area contributed by atoms with E-state index < -0.39 is 0 Å². The first-order valence-corrected chi connectivity index (χ1v) is 8.58. The van der Waals surface area contributed by atoms with Gasteiger partial charge in [-0.15, -0.1) is 0 Å². The van der Waals surface area contributed by atoms with Gasteiger partial charge in [0, 0.05) is 43.4 Å². The molecule has 3 nitrogen and oxygen atoms in total. The molecule has 1 saturated heterocycles. The van der Waals surface area contributed by atoms with E-state index in [1.807, 2.05) is 24.3 Å². The van der Waals surface area contributed by atoms with E-state index in [0.717, 1.165) is 42.9 Å². The second-order valence-corrected chi connectivity index (χ2v) is 6.42. The maximum absolute atomic E-state index is 5.90. The zero-order valence-electron chi connectivity index (χ0n) is 12.9. The lowest BCUT2D eigenvalue weighted by molar-refractivity contribution is 0.380. The summed E-state index contributed by atoms with van der Waals surface area (Å²) in [5, 5.41) is 4.92. The van der Waals surface area contributed by atoms with Crippen LogP contribution in [0.5, 0.6) is 0 Å². The van der Waals surface area contributed by atoms with E-state index in [4.69, 9.17) is 23.8 Å². The number of benzene rings is 2. The van der Waals surface area contributed by atoms with E-state index in [1.165, 1.54) is 11.3 Å². The van der Waals surface area contributed by atoms with E-state index in [-0.39, 0.29) is 0 Å². The molecule has 1 aliphatic heterocycles. The molecule has 0 unspecified atom stereocenters. The number of nitrogens with one attached hydrogen (secondary N) is 1. The van der Waals surface area contributed by atoms with Crippen LogP contribution in [0.4, 0.5) is 5.69 Å². The maximum Gasteiger partial charge on any atom is 0.169 e. The van der Waals surface area contributed by atoms with Crippen molar-refractivity contribution in [2.75, 3.05) is 31.1 Å². The van der Waals surface area contributed by atoms with Crippen molar-refractivity contribution in [3.05, 3.63) is 65.2 Å². The summed E-state index contributed by atoms with van der Waals surface area (Å²) < 4.78 is 0. The smallest absolute Gasteiger partial charge is 0.169 e. The molecule has 120 valence electrons. The molecule has 0 bridgehead atoms. The molecule has 5 heteroatoms. The predicted octanol–water partition coefficient (Wildman–Crippen LogP) is 3.54. The van der Waals surface area contributed by atoms with Gasteiger partial charge in [0.25, 0.3) is 0 Å². The van der Waals surface area contributed by atoms with E-state index in [2.05, 4.69) is 45.4 Å². The van der Waals surface area contributed by atoms with Gasteiger partial charge in [0.2, 0.25) is 0 Å². The summed E-state index contributed by atoms with van der Waals surface area (Å²) in [7, 11) is 0. The standard InChI is InChI=1S/C18H20ClN3S/c19-16-8-6-15(7-9-16)14-20-18(23)22-12-10-21(11-13-22)17-4-2-1-3-5-17/h1-9H,10-14H2,(H,20,23). The number of anilines is 1. The van der Waals surface area contributed by atoms with E-state index in [0.29, 0.717) is 0 Å². The summed E-state index contributed by atoms with van der Waals surface area (Å²) in [4.78, 5) is 4.64. The number of nitrogens with zero attached hydrogens (tertiary/aromatic N) is 2. The Morgan fingerprint density at radius 1 is 0.957 bits per heavy atom. The van der Waals surface area contributed by atoms with Gasteiger partial charge in [0.15, 0.2) is 5.11 Å². The molecule has 2 aromatic rings. The maximum atomic E-state index is 5.90. The van der Waals surface area contributed by atoms with Crippen LogP contribution in [0, 0.1) is 0 Å². The van der Waals surface area contributed by atoms with Gasteiger partial charge in [-0.2, -0.15) is 0 Å². The van der Waals surface area contributed by atoms with Gasteiger partial charge in [0.1, 0.15) is 0 Å². The Hall–Kier alpha value is -1.78. The Bertz CT molecular complexity index is 637. The third kappa shape index (κ3) is 4.36. The number of piperazine rings is 1. The van der Waals surface area contributed by atoms with E-state index >= 15 is 0 Å². The van der Waals surface area contributed by atoms with Crippen molar-refractivity contribution >= 4 is 34.6 Å². The first kappa shape index (κ1) is 16.1. The molecule has 0 aromatic heterocycles. The zero-order valence-corrected chi connectivity index (χ0v) is 14.5. The van der Waals surface area contributed by atoms with Crippen molar-refractivity contribution in [1.82, 2.24) is 10.2 Å². The first-order valence-electron chi connectivity index (χ1n) is 7.79. The summed E-state index contributed by atoms with van der Waals surface area (Å²) in [5.74, 6) is 0. The lowest BCUT2D eigenvalue weighted by atomic mass is 10.2. The monoisotopic (exact) mass is 345 g/mol. The van der Waals surface area contributed by atoms with Crippen molar-refractivity contribution in [1.29, 1.82) is 0 Å². The average Bonchev–Trinajstić information content (AvgIpc) is 2.62. The number of rotatable bonds is 3. The molecular weight excluding hydrogens is 326 g/mol. The summed E-state index contributed by atoms with van der Waals surface area (Å²) >= 11 is 11.4. The van der Waals surface area contributed by atoms with Crippen LogP contribution < -0.4 is 10.2 Å². The molecular formula is C18H20ClN3S. The second-order valence-electron chi connectivity index (χ2n) is 5.59. The van der Waals surface area contributed by atoms with Gasteiger partial charge < -0.3 is 15.1 Å². The molecule has 0 amide bonds. The normalized spacial score (nSPS) is 14.7. The number of para-hydroxylation sites is 1. The van der Waals surface area contributed by atoms with Crippen LogP contribution >= 0.6 is 23.8 Å². The van der Waals surface area contributed by atoms with Crippen molar-refractivity contribution < 1.29 is 0 Å². The lowest BCUT2D eigenvalue weighted by Gasteiger charge is -2.37. The van der Waals surface area contributed by atoms with Crippen LogP contribution in [0.2, 0.25) is 5.02 Å². The number of hydrogen-bond donors (Lipinski definition) is 1. The Morgan fingerprint density at radius 3 is 2.26 bits per heavy atom. The number of halogens is 1. The fraction of sp³-hybridized carbons (Fsp3) is 0.278. The van der Waals surface area contributed by atoms with E-state index in [9.17, 15) is 0 Å². The van der Waals surface area contributed by atoms with Crippen molar-refractivity contribution in [3.63, 3.8) is 0 Å². The molecule has 0 spiro atoms. The van der Waals surface area contributed by atoms with Gasteiger partial charge >= 0.3 is 0 Å². The van der Waals surface area contributed by atoms with Crippen LogP contribution in [0.3, 0.4) is 0 Å². The molecule has 3 rings (SSSR count). The summed E-state index contributed by atoms with van der Waals surface area (Å²) in [5.41, 5.74) is 2.46. The minimum Gasteiger partial charge on any atom is -0.368 e. The molecule has 1 heterocycles. The van der Waals surface area contributed by atoms with Gasteiger partial charge in [-0.3, -0.25) is 0 Å². The molecule has 1 N–H and O–H groups in total. The molecule has 0 saturated carbocycles. The lowest BCUT2D eigenvalue weighted by Crippen LogP contribution is -2.51. The minimum atomic E-state index is 0.731. The van der Waals surface area contributed by atoms with Crippen molar-refractivity contribution in [2.45, 2.75) is 6.54 Å². The third-order valence-corrected chi connectivity index (χ3v) is 4.70. The molecule has 0 atom stereocenters. The highest BCUT2D eigenvalue weighted by atomic mass is 35.5. The topological polar surface area (TPSA) is 18.5 Å². The number of hydrogen-bond acceptors (Lipinski definition) is 2. The minimum absolute atomic E-state index is 0.731. The first-order chi connectivity index (χ1) is 11.2. The van der Waals surface area contributed by atoms with Gasteiger partial charge in [-0.1, -0.05) is 41.9 Å². The largest absolute Gasteiger partial charge is 0.368 e. The van der Waals surface area contributed by atoms with Crippen LogP contribution in [-0.4, -0.2) is 36.2 Å². The van der Waals surface area contributed by atoms with Crippen LogP contribution in [0.1, 0.15) is 5.56 Å². The highest BCUT2D eigenvalue weighted by Gasteiger charge is 2.18.